The number of fused-ring (bicyclic) bond motifs is 4. The van der Waals surface area contributed by atoms with E-state index in [4.69, 9.17) is 9.72 Å². The molecule has 0 radical (unpaired) electrons. The Morgan fingerprint density at radius 1 is 0.738 bits per heavy atom. The summed E-state index contributed by atoms with van der Waals surface area (Å²) >= 11 is 0. The van der Waals surface area contributed by atoms with Gasteiger partial charge >= 0.3 is 0 Å². The summed E-state index contributed by atoms with van der Waals surface area (Å²) in [6.07, 6.45) is 8.07. The molecule has 0 fully saturated rings. The Morgan fingerprint density at radius 2 is 1.52 bits per heavy atom. The van der Waals surface area contributed by atoms with Gasteiger partial charge < -0.3 is 4.74 Å². The van der Waals surface area contributed by atoms with Crippen LogP contribution in [0.4, 0.5) is 0 Å². The van der Waals surface area contributed by atoms with Gasteiger partial charge in [0.2, 0.25) is 5.78 Å². The minimum atomic E-state index is -1.57. The third-order valence-corrected chi connectivity index (χ3v) is 9.84. The summed E-state index contributed by atoms with van der Waals surface area (Å²) < 4.78 is 13.1. The molecular formula is C35H35N5OSi. The molecule has 7 rings (SSSR count). The van der Waals surface area contributed by atoms with Crippen LogP contribution in [0.5, 0.6) is 11.5 Å². The highest BCUT2D eigenvalue weighted by Crippen LogP contribution is 2.36. The predicted octanol–water partition coefficient (Wildman–Crippen LogP) is 8.25. The summed E-state index contributed by atoms with van der Waals surface area (Å²) in [5.74, 6) is 3.37. The van der Waals surface area contributed by atoms with Crippen molar-refractivity contribution < 1.29 is 4.74 Å². The van der Waals surface area contributed by atoms with Crippen molar-refractivity contribution in [3.8, 4) is 23.0 Å². The normalized spacial score (nSPS) is 12.5. The number of pyridine rings is 1. The lowest BCUT2D eigenvalue weighted by molar-refractivity contribution is 0.483. The lowest BCUT2D eigenvalue weighted by Gasteiger charge is -2.20. The fourth-order valence-corrected chi connectivity index (χ4v) is 7.16. The van der Waals surface area contributed by atoms with Crippen molar-refractivity contribution in [2.24, 2.45) is 0 Å². The standard InChI is InChI=1S/C35H35N5OSi/c1-35(2,3)24-16-17-36-32(20-24)40-30-13-8-7-12-28(30)29-15-14-27(22-31(29)40)41-26-11-9-10-25(21-26)39-23-33(42(4,5)6)38-19-18-37-34(38)39/h7-23H,1-6H3. The number of imidazole rings is 2. The first-order chi connectivity index (χ1) is 20.1. The quantitative estimate of drug-likeness (QED) is 0.196. The van der Waals surface area contributed by atoms with Gasteiger partial charge in [0.25, 0.3) is 0 Å². The van der Waals surface area contributed by atoms with Gasteiger partial charge in [-0.25, -0.2) is 9.97 Å². The van der Waals surface area contributed by atoms with Crippen LogP contribution < -0.4 is 10.1 Å². The first-order valence-electron chi connectivity index (χ1n) is 14.4. The highest BCUT2D eigenvalue weighted by molar-refractivity contribution is 6.88. The van der Waals surface area contributed by atoms with Crippen molar-refractivity contribution >= 4 is 41.0 Å². The van der Waals surface area contributed by atoms with Gasteiger partial charge in [0.05, 0.1) is 16.7 Å². The van der Waals surface area contributed by atoms with E-state index in [1.54, 1.807) is 0 Å². The summed E-state index contributed by atoms with van der Waals surface area (Å²) in [4.78, 5) is 9.46. The lowest BCUT2D eigenvalue weighted by Crippen LogP contribution is -2.40. The molecule has 0 bridgehead atoms. The van der Waals surface area contributed by atoms with Crippen molar-refractivity contribution in [2.75, 3.05) is 0 Å². The second-order valence-corrected chi connectivity index (χ2v) is 18.0. The maximum absolute atomic E-state index is 6.52. The van der Waals surface area contributed by atoms with Crippen LogP contribution in [-0.4, -0.2) is 31.6 Å². The number of hydrogen-bond acceptors (Lipinski definition) is 3. The van der Waals surface area contributed by atoms with E-state index in [2.05, 4.69) is 138 Å². The third-order valence-electron chi connectivity index (χ3n) is 7.93. The van der Waals surface area contributed by atoms with Gasteiger partial charge in [-0.05, 0) is 53.4 Å². The number of rotatable bonds is 5. The first kappa shape index (κ1) is 26.3. The van der Waals surface area contributed by atoms with E-state index in [-0.39, 0.29) is 5.41 Å². The molecule has 0 atom stereocenters. The lowest BCUT2D eigenvalue weighted by atomic mass is 9.88. The highest BCUT2D eigenvalue weighted by atomic mass is 28.3. The molecule has 0 aliphatic carbocycles. The van der Waals surface area contributed by atoms with Crippen LogP contribution in [0.2, 0.25) is 19.6 Å². The number of nitrogens with zero attached hydrogens (tertiary/aromatic N) is 5. The number of hydrogen-bond donors (Lipinski definition) is 0. The van der Waals surface area contributed by atoms with Gasteiger partial charge in [-0.2, -0.15) is 0 Å². The number of para-hydroxylation sites is 1. The fourth-order valence-electron chi connectivity index (χ4n) is 5.75. The van der Waals surface area contributed by atoms with Crippen molar-refractivity contribution in [3.63, 3.8) is 0 Å². The number of ether oxygens (including phenoxy) is 1. The molecule has 7 heteroatoms. The third kappa shape index (κ3) is 4.41. The maximum Gasteiger partial charge on any atom is 0.218 e. The molecule has 4 heterocycles. The van der Waals surface area contributed by atoms with Crippen molar-refractivity contribution in [3.05, 3.63) is 109 Å². The van der Waals surface area contributed by atoms with E-state index < -0.39 is 8.07 Å². The van der Waals surface area contributed by atoms with Gasteiger partial charge in [0, 0.05) is 53.0 Å². The van der Waals surface area contributed by atoms with E-state index in [9.17, 15) is 0 Å². The Hall–Kier alpha value is -4.62. The van der Waals surface area contributed by atoms with Crippen molar-refractivity contribution in [1.29, 1.82) is 0 Å². The molecule has 0 unspecified atom stereocenters. The van der Waals surface area contributed by atoms with E-state index in [0.29, 0.717) is 0 Å². The average Bonchev–Trinajstić information content (AvgIpc) is 3.65. The molecule has 210 valence electrons. The summed E-state index contributed by atoms with van der Waals surface area (Å²) in [5.41, 5.74) is 4.48. The zero-order chi connectivity index (χ0) is 29.2. The summed E-state index contributed by atoms with van der Waals surface area (Å²) in [6, 6.07) is 27.4. The van der Waals surface area contributed by atoms with E-state index >= 15 is 0 Å². The summed E-state index contributed by atoms with van der Waals surface area (Å²) in [7, 11) is -1.57. The zero-order valence-corrected chi connectivity index (χ0v) is 26.0. The van der Waals surface area contributed by atoms with E-state index in [0.717, 1.165) is 39.8 Å². The molecule has 42 heavy (non-hydrogen) atoms. The zero-order valence-electron chi connectivity index (χ0n) is 25.0. The topological polar surface area (TPSA) is 49.3 Å². The maximum atomic E-state index is 6.52. The molecule has 0 amide bonds. The Morgan fingerprint density at radius 3 is 2.33 bits per heavy atom. The Bertz CT molecular complexity index is 2100. The molecule has 6 nitrogen and oxygen atoms in total. The van der Waals surface area contributed by atoms with Crippen LogP contribution >= 0.6 is 0 Å². The predicted molar refractivity (Wildman–Crippen MR) is 175 cm³/mol. The smallest absolute Gasteiger partial charge is 0.218 e. The second kappa shape index (κ2) is 9.46. The SMILES string of the molecule is CC(C)(C)c1ccnc(-n2c3ccccc3c3ccc(Oc4cccc(-n5cc([Si](C)(C)C)n6ccnc56)c4)cc32)c1. The van der Waals surface area contributed by atoms with Gasteiger partial charge in [0.15, 0.2) is 0 Å². The van der Waals surface area contributed by atoms with Gasteiger partial charge in [-0.3, -0.25) is 13.5 Å². The highest BCUT2D eigenvalue weighted by Gasteiger charge is 2.24. The molecule has 0 spiro atoms. The number of benzene rings is 3. The largest absolute Gasteiger partial charge is 0.457 e. The first-order valence-corrected chi connectivity index (χ1v) is 17.9. The summed E-state index contributed by atoms with van der Waals surface area (Å²) in [5, 5.41) is 3.70. The molecule has 0 N–H and O–H groups in total. The van der Waals surface area contributed by atoms with Crippen LogP contribution in [0.25, 0.3) is 39.1 Å². The Balaban J connectivity index is 1.32. The van der Waals surface area contributed by atoms with E-state index in [1.807, 2.05) is 24.5 Å². The molecule has 3 aromatic carbocycles. The molecule has 0 saturated heterocycles. The fraction of sp³-hybridized carbons (Fsp3) is 0.200. The van der Waals surface area contributed by atoms with Gasteiger partial charge in [0.1, 0.15) is 25.4 Å². The second-order valence-electron chi connectivity index (χ2n) is 13.0. The van der Waals surface area contributed by atoms with Crippen LogP contribution in [0.1, 0.15) is 26.3 Å². The molecule has 4 aromatic heterocycles. The molecule has 0 saturated carbocycles. The van der Waals surface area contributed by atoms with Gasteiger partial charge in [-0.15, -0.1) is 0 Å². The van der Waals surface area contributed by atoms with Crippen molar-refractivity contribution in [2.45, 2.75) is 45.8 Å². The Kier molecular flexibility index (Phi) is 5.92. The van der Waals surface area contributed by atoms with Crippen LogP contribution in [-0.2, 0) is 5.41 Å². The molecular weight excluding hydrogens is 535 g/mol. The monoisotopic (exact) mass is 569 g/mol. The minimum absolute atomic E-state index is 0.0211. The minimum Gasteiger partial charge on any atom is -0.457 e. The van der Waals surface area contributed by atoms with Crippen LogP contribution in [0.3, 0.4) is 0 Å². The Labute approximate surface area is 246 Å². The molecule has 0 aliphatic heterocycles. The van der Waals surface area contributed by atoms with Crippen LogP contribution in [0, 0.1) is 0 Å². The van der Waals surface area contributed by atoms with Crippen molar-refractivity contribution in [1.82, 2.24) is 23.5 Å². The molecule has 0 aliphatic rings. The van der Waals surface area contributed by atoms with Gasteiger partial charge in [-0.1, -0.05) is 64.7 Å². The average molecular weight is 570 g/mol. The summed E-state index contributed by atoms with van der Waals surface area (Å²) in [6.45, 7) is 13.8. The van der Waals surface area contributed by atoms with E-state index in [1.165, 1.54) is 21.7 Å². The number of aromatic nitrogens is 5. The van der Waals surface area contributed by atoms with Crippen LogP contribution in [0.15, 0.2) is 104 Å². The molecule has 7 aromatic rings.